The highest BCUT2D eigenvalue weighted by atomic mass is 127. The van der Waals surface area contributed by atoms with E-state index >= 15 is 0 Å². The maximum absolute atomic E-state index is 10.0. The fourth-order valence-corrected chi connectivity index (χ4v) is 2.87. The first kappa shape index (κ1) is 14.2. The van der Waals surface area contributed by atoms with E-state index in [0.717, 1.165) is 36.2 Å². The summed E-state index contributed by atoms with van der Waals surface area (Å²) in [5, 5.41) is 10.0. The molecule has 2 heterocycles. The van der Waals surface area contributed by atoms with Crippen LogP contribution in [0.1, 0.15) is 32.3 Å². The van der Waals surface area contributed by atoms with E-state index in [1.807, 2.05) is 20.0 Å². The van der Waals surface area contributed by atoms with E-state index in [-0.39, 0.29) is 0 Å². The number of aliphatic hydroxyl groups is 1. The number of likely N-dealkylation sites (tertiary alicyclic amines) is 1. The third-order valence-corrected chi connectivity index (χ3v) is 4.42. The average Bonchev–Trinajstić information content (AvgIpc) is 2.32. The minimum atomic E-state index is -0.531. The van der Waals surface area contributed by atoms with E-state index in [2.05, 4.69) is 44.6 Å². The maximum atomic E-state index is 10.0. The standard InChI is InChI=1S/C14H21IN2O/c1-14(2,18)12-5-7-17(8-6-12)10-11-3-4-13(15)16-9-11/h3-4,9,12,18H,5-8,10H2,1-2H3. The summed E-state index contributed by atoms with van der Waals surface area (Å²) in [6.07, 6.45) is 4.13. The van der Waals surface area contributed by atoms with Crippen molar-refractivity contribution in [3.63, 3.8) is 0 Å². The lowest BCUT2D eigenvalue weighted by Gasteiger charge is -2.37. The highest BCUT2D eigenvalue weighted by molar-refractivity contribution is 14.1. The van der Waals surface area contributed by atoms with Gasteiger partial charge in [0, 0.05) is 12.7 Å². The van der Waals surface area contributed by atoms with Crippen molar-refractivity contribution in [2.45, 2.75) is 38.8 Å². The van der Waals surface area contributed by atoms with Gasteiger partial charge in [-0.05, 0) is 79.9 Å². The van der Waals surface area contributed by atoms with Crippen molar-refractivity contribution >= 4 is 22.6 Å². The molecular formula is C14H21IN2O. The van der Waals surface area contributed by atoms with Crippen molar-refractivity contribution in [2.75, 3.05) is 13.1 Å². The molecule has 0 saturated carbocycles. The third kappa shape index (κ3) is 3.90. The summed E-state index contributed by atoms with van der Waals surface area (Å²) in [4.78, 5) is 6.77. The Kier molecular flexibility index (Phi) is 4.61. The van der Waals surface area contributed by atoms with Gasteiger partial charge in [0.15, 0.2) is 0 Å². The van der Waals surface area contributed by atoms with E-state index in [4.69, 9.17) is 0 Å². The lowest BCUT2D eigenvalue weighted by molar-refractivity contribution is -0.0136. The van der Waals surface area contributed by atoms with Gasteiger partial charge in [0.2, 0.25) is 0 Å². The monoisotopic (exact) mass is 360 g/mol. The second kappa shape index (κ2) is 5.84. The number of hydrogen-bond acceptors (Lipinski definition) is 3. The summed E-state index contributed by atoms with van der Waals surface area (Å²) in [7, 11) is 0. The zero-order valence-electron chi connectivity index (χ0n) is 11.1. The smallest absolute Gasteiger partial charge is 0.101 e. The van der Waals surface area contributed by atoms with Crippen LogP contribution >= 0.6 is 22.6 Å². The Morgan fingerprint density at radius 1 is 1.39 bits per heavy atom. The second-order valence-electron chi connectivity index (χ2n) is 5.69. The lowest BCUT2D eigenvalue weighted by Crippen LogP contribution is -2.41. The molecule has 1 saturated heterocycles. The molecule has 0 atom stereocenters. The van der Waals surface area contributed by atoms with Gasteiger partial charge < -0.3 is 5.11 Å². The van der Waals surface area contributed by atoms with Crippen LogP contribution in [0.2, 0.25) is 0 Å². The number of pyridine rings is 1. The summed E-state index contributed by atoms with van der Waals surface area (Å²) in [5.74, 6) is 0.434. The molecule has 0 radical (unpaired) electrons. The van der Waals surface area contributed by atoms with E-state index in [1.165, 1.54) is 5.56 Å². The molecule has 1 aromatic heterocycles. The van der Waals surface area contributed by atoms with Crippen LogP contribution in [0, 0.1) is 9.62 Å². The van der Waals surface area contributed by atoms with Gasteiger partial charge in [-0.1, -0.05) is 6.07 Å². The van der Waals surface area contributed by atoms with Crippen LogP contribution in [0.5, 0.6) is 0 Å². The van der Waals surface area contributed by atoms with E-state index in [0.29, 0.717) is 5.92 Å². The molecule has 1 aliphatic rings. The van der Waals surface area contributed by atoms with E-state index in [1.54, 1.807) is 0 Å². The Morgan fingerprint density at radius 3 is 2.56 bits per heavy atom. The Labute approximate surface area is 123 Å². The van der Waals surface area contributed by atoms with Crippen LogP contribution < -0.4 is 0 Å². The molecule has 0 aromatic carbocycles. The quantitative estimate of drug-likeness (QED) is 0.665. The molecule has 100 valence electrons. The Balaban J connectivity index is 1.85. The zero-order valence-corrected chi connectivity index (χ0v) is 13.2. The first-order valence-electron chi connectivity index (χ1n) is 6.50. The van der Waals surface area contributed by atoms with Gasteiger partial charge in [0.1, 0.15) is 3.70 Å². The summed E-state index contributed by atoms with van der Waals surface area (Å²) in [6.45, 7) is 6.97. The maximum Gasteiger partial charge on any atom is 0.101 e. The summed E-state index contributed by atoms with van der Waals surface area (Å²) in [5.41, 5.74) is 0.744. The normalized spacial score (nSPS) is 19.1. The van der Waals surface area contributed by atoms with Crippen LogP contribution in [-0.4, -0.2) is 33.7 Å². The van der Waals surface area contributed by atoms with Crippen molar-refractivity contribution in [3.05, 3.63) is 27.6 Å². The molecule has 1 aliphatic heterocycles. The van der Waals surface area contributed by atoms with Gasteiger partial charge in [0.05, 0.1) is 5.60 Å². The molecule has 18 heavy (non-hydrogen) atoms. The second-order valence-corrected chi connectivity index (χ2v) is 6.80. The predicted molar refractivity (Wildman–Crippen MR) is 81.3 cm³/mol. The van der Waals surface area contributed by atoms with Crippen LogP contribution in [-0.2, 0) is 6.54 Å². The van der Waals surface area contributed by atoms with Gasteiger partial charge in [0.25, 0.3) is 0 Å². The van der Waals surface area contributed by atoms with Gasteiger partial charge in [-0.15, -0.1) is 0 Å². The molecule has 1 fully saturated rings. The van der Waals surface area contributed by atoms with Crippen molar-refractivity contribution < 1.29 is 5.11 Å². The van der Waals surface area contributed by atoms with E-state index < -0.39 is 5.60 Å². The summed E-state index contributed by atoms with van der Waals surface area (Å²) < 4.78 is 1.04. The van der Waals surface area contributed by atoms with Crippen LogP contribution in [0.15, 0.2) is 18.3 Å². The number of piperidine rings is 1. The molecule has 1 aromatic rings. The van der Waals surface area contributed by atoms with E-state index in [9.17, 15) is 5.11 Å². The SMILES string of the molecule is CC(C)(O)C1CCN(Cc2ccc(I)nc2)CC1. The molecule has 0 aliphatic carbocycles. The number of aromatic nitrogens is 1. The Bertz CT molecular complexity index is 378. The molecule has 0 amide bonds. The van der Waals surface area contributed by atoms with Crippen molar-refractivity contribution in [2.24, 2.45) is 5.92 Å². The molecule has 4 heteroatoms. The van der Waals surface area contributed by atoms with Crippen molar-refractivity contribution in [1.82, 2.24) is 9.88 Å². The number of nitrogens with zero attached hydrogens (tertiary/aromatic N) is 2. The van der Waals surface area contributed by atoms with Gasteiger partial charge in [-0.3, -0.25) is 9.88 Å². The first-order chi connectivity index (χ1) is 8.45. The van der Waals surface area contributed by atoms with Gasteiger partial charge >= 0.3 is 0 Å². The Morgan fingerprint density at radius 2 is 2.06 bits per heavy atom. The Hall–Kier alpha value is -0.200. The highest BCUT2D eigenvalue weighted by Gasteiger charge is 2.30. The fraction of sp³-hybridized carbons (Fsp3) is 0.643. The summed E-state index contributed by atoms with van der Waals surface area (Å²) in [6, 6.07) is 4.20. The first-order valence-corrected chi connectivity index (χ1v) is 7.58. The van der Waals surface area contributed by atoms with Crippen molar-refractivity contribution in [3.8, 4) is 0 Å². The van der Waals surface area contributed by atoms with Gasteiger partial charge in [-0.2, -0.15) is 0 Å². The zero-order chi connectivity index (χ0) is 13.2. The molecule has 2 rings (SSSR count). The number of rotatable bonds is 3. The van der Waals surface area contributed by atoms with Crippen LogP contribution in [0.4, 0.5) is 0 Å². The molecule has 1 N–H and O–H groups in total. The van der Waals surface area contributed by atoms with Gasteiger partial charge in [-0.25, -0.2) is 0 Å². The van der Waals surface area contributed by atoms with Crippen molar-refractivity contribution in [1.29, 1.82) is 0 Å². The fourth-order valence-electron chi connectivity index (χ4n) is 2.56. The highest BCUT2D eigenvalue weighted by Crippen LogP contribution is 2.28. The molecule has 0 unspecified atom stereocenters. The molecule has 3 nitrogen and oxygen atoms in total. The van der Waals surface area contributed by atoms with Crippen LogP contribution in [0.3, 0.4) is 0 Å². The lowest BCUT2D eigenvalue weighted by atomic mass is 9.83. The topological polar surface area (TPSA) is 36.4 Å². The minimum Gasteiger partial charge on any atom is -0.390 e. The number of hydrogen-bond donors (Lipinski definition) is 1. The summed E-state index contributed by atoms with van der Waals surface area (Å²) >= 11 is 2.23. The molecule has 0 bridgehead atoms. The predicted octanol–water partition coefficient (Wildman–Crippen LogP) is 2.67. The molecular weight excluding hydrogens is 339 g/mol. The average molecular weight is 360 g/mol. The third-order valence-electron chi connectivity index (χ3n) is 3.78. The largest absolute Gasteiger partial charge is 0.390 e. The number of halogens is 1. The van der Waals surface area contributed by atoms with Crippen LogP contribution in [0.25, 0.3) is 0 Å². The molecule has 0 spiro atoms. The minimum absolute atomic E-state index is 0.434.